The molecule has 0 radical (unpaired) electrons. The van der Waals surface area contributed by atoms with E-state index in [4.69, 9.17) is 5.73 Å². The third-order valence-corrected chi connectivity index (χ3v) is 4.69. The second-order valence-electron chi connectivity index (χ2n) is 5.19. The molecule has 2 aromatic carbocycles. The van der Waals surface area contributed by atoms with Gasteiger partial charge < -0.3 is 5.73 Å². The van der Waals surface area contributed by atoms with E-state index in [9.17, 15) is 4.79 Å². The highest BCUT2D eigenvalue weighted by atomic mass is 32.2. The summed E-state index contributed by atoms with van der Waals surface area (Å²) in [5.41, 5.74) is 9.94. The summed E-state index contributed by atoms with van der Waals surface area (Å²) in [5.74, 6) is 0.0129. The van der Waals surface area contributed by atoms with Gasteiger partial charge in [0.05, 0.1) is 0 Å². The van der Waals surface area contributed by atoms with E-state index in [1.165, 1.54) is 35.3 Å². The van der Waals surface area contributed by atoms with Gasteiger partial charge in [-0.3, -0.25) is 4.79 Å². The Hall–Kier alpha value is -1.74. The van der Waals surface area contributed by atoms with Crippen molar-refractivity contribution in [3.63, 3.8) is 0 Å². The zero-order chi connectivity index (χ0) is 14.1. The van der Waals surface area contributed by atoms with E-state index in [1.54, 1.807) is 18.7 Å². The number of ketones is 1. The number of rotatable bonds is 3. The molecule has 2 N–H and O–H groups in total. The number of hydrogen-bond acceptors (Lipinski definition) is 3. The van der Waals surface area contributed by atoms with E-state index in [0.717, 1.165) is 4.90 Å². The molecule has 0 amide bonds. The van der Waals surface area contributed by atoms with E-state index < -0.39 is 0 Å². The van der Waals surface area contributed by atoms with Crippen LogP contribution in [0.2, 0.25) is 0 Å². The van der Waals surface area contributed by atoms with Gasteiger partial charge in [-0.25, -0.2) is 0 Å². The van der Waals surface area contributed by atoms with Gasteiger partial charge in [-0.1, -0.05) is 17.8 Å². The Morgan fingerprint density at radius 3 is 2.55 bits per heavy atom. The average Bonchev–Trinajstić information content (AvgIpc) is 2.88. The van der Waals surface area contributed by atoms with Crippen LogP contribution in [0.5, 0.6) is 0 Å². The maximum atomic E-state index is 11.5. The summed E-state index contributed by atoms with van der Waals surface area (Å²) in [6, 6.07) is 12.3. The highest BCUT2D eigenvalue weighted by Gasteiger charge is 2.12. The van der Waals surface area contributed by atoms with Crippen LogP contribution in [0.4, 0.5) is 5.69 Å². The largest absolute Gasteiger partial charge is 0.398 e. The number of carbonyl (C=O) groups excluding carboxylic acids is 1. The van der Waals surface area contributed by atoms with Gasteiger partial charge in [-0.15, -0.1) is 0 Å². The topological polar surface area (TPSA) is 43.1 Å². The van der Waals surface area contributed by atoms with Crippen LogP contribution in [0.25, 0.3) is 0 Å². The third kappa shape index (κ3) is 2.59. The maximum Gasteiger partial charge on any atom is 0.161 e. The minimum absolute atomic E-state index is 0.0129. The number of benzene rings is 2. The van der Waals surface area contributed by atoms with Crippen molar-refractivity contribution in [1.82, 2.24) is 0 Å². The van der Waals surface area contributed by atoms with E-state index in [-0.39, 0.29) is 5.78 Å². The van der Waals surface area contributed by atoms with Crippen molar-refractivity contribution in [1.29, 1.82) is 0 Å². The number of anilines is 1. The van der Waals surface area contributed by atoms with Gasteiger partial charge in [0.15, 0.2) is 5.78 Å². The molecule has 3 rings (SSSR count). The summed E-state index contributed by atoms with van der Waals surface area (Å²) in [6.07, 6.45) is 3.65. The summed E-state index contributed by atoms with van der Waals surface area (Å²) < 4.78 is 0. The summed E-state index contributed by atoms with van der Waals surface area (Å²) in [4.78, 5) is 13.8. The predicted octanol–water partition coefficient (Wildman–Crippen LogP) is 4.11. The normalized spacial score (nSPS) is 13.2. The molecule has 0 aromatic heterocycles. The molecule has 20 heavy (non-hydrogen) atoms. The van der Waals surface area contributed by atoms with Crippen molar-refractivity contribution >= 4 is 23.2 Å². The van der Waals surface area contributed by atoms with Crippen LogP contribution in [0.1, 0.15) is 34.8 Å². The Kier molecular flexibility index (Phi) is 3.53. The molecule has 0 saturated heterocycles. The minimum Gasteiger partial charge on any atom is -0.398 e. The SMILES string of the molecule is CC(=O)c1cc(Sc2ccc3c(c2)CCC3)ccc1N. The molecule has 0 fully saturated rings. The van der Waals surface area contributed by atoms with Crippen molar-refractivity contribution < 1.29 is 4.79 Å². The minimum atomic E-state index is 0.0129. The summed E-state index contributed by atoms with van der Waals surface area (Å²) in [5, 5.41) is 0. The summed E-state index contributed by atoms with van der Waals surface area (Å²) in [7, 11) is 0. The highest BCUT2D eigenvalue weighted by Crippen LogP contribution is 2.33. The first-order valence-corrected chi connectivity index (χ1v) is 7.65. The van der Waals surface area contributed by atoms with Crippen LogP contribution < -0.4 is 5.73 Å². The average molecular weight is 283 g/mol. The number of carbonyl (C=O) groups is 1. The molecule has 0 spiro atoms. The summed E-state index contributed by atoms with van der Waals surface area (Å²) >= 11 is 1.69. The number of hydrogen-bond donors (Lipinski definition) is 1. The Balaban J connectivity index is 1.88. The van der Waals surface area contributed by atoms with Crippen LogP contribution in [0.3, 0.4) is 0 Å². The first-order chi connectivity index (χ1) is 9.63. The lowest BCUT2D eigenvalue weighted by Gasteiger charge is -2.07. The molecule has 0 heterocycles. The third-order valence-electron chi connectivity index (χ3n) is 3.71. The molecule has 1 aliphatic rings. The molecule has 0 saturated carbocycles. The summed E-state index contributed by atoms with van der Waals surface area (Å²) in [6.45, 7) is 1.55. The van der Waals surface area contributed by atoms with Gasteiger partial charge in [0, 0.05) is 21.0 Å². The second-order valence-corrected chi connectivity index (χ2v) is 6.34. The zero-order valence-corrected chi connectivity index (χ0v) is 12.3. The van der Waals surface area contributed by atoms with E-state index in [0.29, 0.717) is 11.3 Å². The first-order valence-electron chi connectivity index (χ1n) is 6.83. The lowest BCUT2D eigenvalue weighted by molar-refractivity contribution is 0.101. The Labute approximate surface area is 123 Å². The molecular weight excluding hydrogens is 266 g/mol. The highest BCUT2D eigenvalue weighted by molar-refractivity contribution is 7.99. The monoisotopic (exact) mass is 283 g/mol. The number of nitrogen functional groups attached to an aromatic ring is 1. The predicted molar refractivity (Wildman–Crippen MR) is 83.4 cm³/mol. The lowest BCUT2D eigenvalue weighted by Crippen LogP contribution is -1.99. The van der Waals surface area contributed by atoms with Crippen LogP contribution in [-0.4, -0.2) is 5.78 Å². The van der Waals surface area contributed by atoms with Crippen molar-refractivity contribution in [3.05, 3.63) is 53.1 Å². The fraction of sp³-hybridized carbons (Fsp3) is 0.235. The fourth-order valence-electron chi connectivity index (χ4n) is 2.65. The second kappa shape index (κ2) is 5.33. The quantitative estimate of drug-likeness (QED) is 0.681. The van der Waals surface area contributed by atoms with Gasteiger partial charge in [-0.05, 0) is 67.6 Å². The van der Waals surface area contributed by atoms with Crippen LogP contribution >= 0.6 is 11.8 Å². The first kappa shape index (κ1) is 13.3. The van der Waals surface area contributed by atoms with Gasteiger partial charge in [0.1, 0.15) is 0 Å². The molecule has 2 aromatic rings. The number of Topliss-reactive ketones (excluding diaryl/α,β-unsaturated/α-hetero) is 1. The molecule has 102 valence electrons. The molecule has 0 aliphatic heterocycles. The number of fused-ring (bicyclic) bond motifs is 1. The smallest absolute Gasteiger partial charge is 0.161 e. The molecule has 2 nitrogen and oxygen atoms in total. The molecule has 1 aliphatic carbocycles. The molecular formula is C17H17NOS. The van der Waals surface area contributed by atoms with Crippen molar-refractivity contribution in [2.24, 2.45) is 0 Å². The molecule has 0 bridgehead atoms. The van der Waals surface area contributed by atoms with E-state index in [1.807, 2.05) is 18.2 Å². The van der Waals surface area contributed by atoms with Crippen LogP contribution in [-0.2, 0) is 12.8 Å². The van der Waals surface area contributed by atoms with E-state index >= 15 is 0 Å². The van der Waals surface area contributed by atoms with Crippen molar-refractivity contribution in [2.45, 2.75) is 36.0 Å². The molecule has 0 atom stereocenters. The number of aryl methyl sites for hydroxylation is 2. The van der Waals surface area contributed by atoms with E-state index in [2.05, 4.69) is 18.2 Å². The Bertz CT molecular complexity index is 679. The molecule has 0 unspecified atom stereocenters. The van der Waals surface area contributed by atoms with Crippen molar-refractivity contribution in [3.8, 4) is 0 Å². The van der Waals surface area contributed by atoms with Gasteiger partial charge in [-0.2, -0.15) is 0 Å². The van der Waals surface area contributed by atoms with Gasteiger partial charge in [0.2, 0.25) is 0 Å². The maximum absolute atomic E-state index is 11.5. The van der Waals surface area contributed by atoms with Crippen LogP contribution in [0.15, 0.2) is 46.2 Å². The zero-order valence-electron chi connectivity index (χ0n) is 11.5. The number of nitrogens with two attached hydrogens (primary N) is 1. The van der Waals surface area contributed by atoms with Crippen LogP contribution in [0, 0.1) is 0 Å². The lowest BCUT2D eigenvalue weighted by atomic mass is 10.1. The van der Waals surface area contributed by atoms with Gasteiger partial charge in [0.25, 0.3) is 0 Å². The fourth-order valence-corrected chi connectivity index (χ4v) is 3.57. The molecule has 3 heteroatoms. The van der Waals surface area contributed by atoms with Crippen molar-refractivity contribution in [2.75, 3.05) is 5.73 Å². The standard InChI is InChI=1S/C17H17NOS/c1-11(19)16-10-15(7-8-17(16)18)20-14-6-5-12-3-2-4-13(12)9-14/h5-10H,2-4,18H2,1H3. The Morgan fingerprint density at radius 2 is 1.75 bits per heavy atom. The van der Waals surface area contributed by atoms with Gasteiger partial charge >= 0.3 is 0 Å². The Morgan fingerprint density at radius 1 is 1.05 bits per heavy atom.